The molecule has 0 spiro atoms. The van der Waals surface area contributed by atoms with Gasteiger partial charge in [-0.15, -0.1) is 0 Å². The van der Waals surface area contributed by atoms with E-state index in [0.717, 1.165) is 5.56 Å². The molecule has 0 saturated carbocycles. The first kappa shape index (κ1) is 12.0. The number of carbonyl (C=O) groups excluding carboxylic acids is 1. The molecule has 0 saturated heterocycles. The van der Waals surface area contributed by atoms with Crippen LogP contribution in [0.15, 0.2) is 24.8 Å². The number of hydrogen-bond acceptors (Lipinski definition) is 5. The number of carbonyl (C=O) groups is 1. The molecule has 0 aromatic carbocycles. The molecule has 2 aromatic rings. The number of nitrogen functional groups attached to an aromatic ring is 1. The number of rotatable bonds is 3. The average Bonchev–Trinajstić information content (AvgIpc) is 2.73. The Hall–Kier alpha value is -2.44. The van der Waals surface area contributed by atoms with Crippen molar-refractivity contribution >= 4 is 11.7 Å². The maximum Gasteiger partial charge on any atom is 0.274 e. The lowest BCUT2D eigenvalue weighted by Crippen LogP contribution is -2.27. The number of hydrogen-bond donors (Lipinski definition) is 1. The average molecular weight is 246 g/mol. The van der Waals surface area contributed by atoms with E-state index in [-0.39, 0.29) is 17.4 Å². The Bertz CT molecular complexity index is 564. The van der Waals surface area contributed by atoms with Gasteiger partial charge in [0.15, 0.2) is 0 Å². The molecule has 7 nitrogen and oxygen atoms in total. The van der Waals surface area contributed by atoms with Crippen molar-refractivity contribution in [2.75, 3.05) is 12.8 Å². The summed E-state index contributed by atoms with van der Waals surface area (Å²) in [6.45, 7) is 0.461. The van der Waals surface area contributed by atoms with E-state index in [1.54, 1.807) is 22.8 Å². The highest BCUT2D eigenvalue weighted by Gasteiger charge is 2.14. The zero-order valence-electron chi connectivity index (χ0n) is 10.2. The number of aromatic nitrogens is 4. The second-order valence-electron chi connectivity index (χ2n) is 4.01. The minimum Gasteiger partial charge on any atom is -0.382 e. The largest absolute Gasteiger partial charge is 0.382 e. The van der Waals surface area contributed by atoms with E-state index in [1.165, 1.54) is 12.4 Å². The van der Waals surface area contributed by atoms with Crippen molar-refractivity contribution in [2.24, 2.45) is 7.05 Å². The van der Waals surface area contributed by atoms with Gasteiger partial charge in [-0.25, -0.2) is 4.98 Å². The molecule has 2 N–H and O–H groups in total. The van der Waals surface area contributed by atoms with Crippen LogP contribution in [0.25, 0.3) is 0 Å². The topological polar surface area (TPSA) is 89.9 Å². The normalized spacial score (nSPS) is 10.3. The molecule has 0 atom stereocenters. The predicted molar refractivity (Wildman–Crippen MR) is 65.4 cm³/mol. The van der Waals surface area contributed by atoms with Crippen LogP contribution < -0.4 is 5.73 Å². The van der Waals surface area contributed by atoms with Gasteiger partial charge in [0.25, 0.3) is 5.91 Å². The van der Waals surface area contributed by atoms with Gasteiger partial charge in [-0.1, -0.05) is 0 Å². The highest BCUT2D eigenvalue weighted by molar-refractivity contribution is 5.92. The highest BCUT2D eigenvalue weighted by atomic mass is 16.2. The molecule has 1 amide bonds. The quantitative estimate of drug-likeness (QED) is 0.827. The fourth-order valence-electron chi connectivity index (χ4n) is 1.58. The summed E-state index contributed by atoms with van der Waals surface area (Å²) < 4.78 is 1.69. The van der Waals surface area contributed by atoms with Crippen LogP contribution in [0.2, 0.25) is 0 Å². The maximum atomic E-state index is 12.0. The Morgan fingerprint density at radius 3 is 2.83 bits per heavy atom. The lowest BCUT2D eigenvalue weighted by atomic mass is 10.3. The minimum absolute atomic E-state index is 0.223. The lowest BCUT2D eigenvalue weighted by molar-refractivity contribution is 0.0779. The van der Waals surface area contributed by atoms with E-state index in [9.17, 15) is 4.79 Å². The summed E-state index contributed by atoms with van der Waals surface area (Å²) in [5, 5.41) is 4.05. The van der Waals surface area contributed by atoms with E-state index in [1.807, 2.05) is 13.2 Å². The molecule has 7 heteroatoms. The van der Waals surface area contributed by atoms with Crippen molar-refractivity contribution in [2.45, 2.75) is 6.54 Å². The summed E-state index contributed by atoms with van der Waals surface area (Å²) in [6.07, 6.45) is 6.37. The number of amides is 1. The van der Waals surface area contributed by atoms with Crippen LogP contribution in [0.5, 0.6) is 0 Å². The van der Waals surface area contributed by atoms with E-state index < -0.39 is 0 Å². The van der Waals surface area contributed by atoms with Crippen LogP contribution in [0.1, 0.15) is 16.1 Å². The number of nitrogens with zero attached hydrogens (tertiary/aromatic N) is 5. The van der Waals surface area contributed by atoms with Crippen LogP contribution in [0.3, 0.4) is 0 Å². The Morgan fingerprint density at radius 2 is 2.22 bits per heavy atom. The van der Waals surface area contributed by atoms with Gasteiger partial charge < -0.3 is 10.6 Å². The Balaban J connectivity index is 2.09. The lowest BCUT2D eigenvalue weighted by Gasteiger charge is -2.15. The summed E-state index contributed by atoms with van der Waals surface area (Å²) in [7, 11) is 3.52. The van der Waals surface area contributed by atoms with Crippen LogP contribution in [0, 0.1) is 0 Å². The molecule has 18 heavy (non-hydrogen) atoms. The van der Waals surface area contributed by atoms with Gasteiger partial charge in [0.1, 0.15) is 11.5 Å². The van der Waals surface area contributed by atoms with Crippen LogP contribution in [-0.4, -0.2) is 37.6 Å². The monoisotopic (exact) mass is 246 g/mol. The molecule has 0 radical (unpaired) electrons. The second kappa shape index (κ2) is 4.82. The molecule has 2 rings (SSSR count). The van der Waals surface area contributed by atoms with Crippen molar-refractivity contribution in [3.8, 4) is 0 Å². The molecule has 0 aliphatic heterocycles. The predicted octanol–water partition coefficient (Wildman–Crippen LogP) is 0.0645. The molecule has 0 fully saturated rings. The van der Waals surface area contributed by atoms with Crippen LogP contribution in [-0.2, 0) is 13.6 Å². The fraction of sp³-hybridized carbons (Fsp3) is 0.273. The molecular weight excluding hydrogens is 232 g/mol. The first-order valence-electron chi connectivity index (χ1n) is 5.37. The zero-order chi connectivity index (χ0) is 13.1. The minimum atomic E-state index is -0.223. The molecular formula is C11H14N6O. The summed E-state index contributed by atoms with van der Waals surface area (Å²) >= 11 is 0. The summed E-state index contributed by atoms with van der Waals surface area (Å²) in [5.41, 5.74) is 6.68. The molecule has 0 aliphatic rings. The Morgan fingerprint density at radius 1 is 1.44 bits per heavy atom. The van der Waals surface area contributed by atoms with Gasteiger partial charge >= 0.3 is 0 Å². The van der Waals surface area contributed by atoms with Gasteiger partial charge in [-0.3, -0.25) is 14.5 Å². The Kier molecular flexibility index (Phi) is 3.22. The molecule has 0 unspecified atom stereocenters. The third-order valence-electron chi connectivity index (χ3n) is 2.40. The van der Waals surface area contributed by atoms with Crippen molar-refractivity contribution in [3.63, 3.8) is 0 Å². The van der Waals surface area contributed by atoms with E-state index in [2.05, 4.69) is 15.1 Å². The van der Waals surface area contributed by atoms with Crippen LogP contribution >= 0.6 is 0 Å². The van der Waals surface area contributed by atoms with E-state index in [4.69, 9.17) is 5.73 Å². The third-order valence-corrected chi connectivity index (χ3v) is 2.40. The van der Waals surface area contributed by atoms with Crippen molar-refractivity contribution < 1.29 is 4.79 Å². The van der Waals surface area contributed by atoms with E-state index >= 15 is 0 Å². The first-order valence-corrected chi connectivity index (χ1v) is 5.37. The SMILES string of the molecule is CN(Cc1cnn(C)c1)C(=O)c1cncc(N)n1. The van der Waals surface area contributed by atoms with Crippen molar-refractivity contribution in [1.29, 1.82) is 0 Å². The Labute approximate surface area is 104 Å². The molecule has 0 bridgehead atoms. The molecule has 2 aromatic heterocycles. The van der Waals surface area contributed by atoms with Gasteiger partial charge in [-0.05, 0) is 0 Å². The summed E-state index contributed by atoms with van der Waals surface area (Å²) in [4.78, 5) is 21.4. The van der Waals surface area contributed by atoms with Crippen molar-refractivity contribution in [1.82, 2.24) is 24.6 Å². The second-order valence-corrected chi connectivity index (χ2v) is 4.01. The third kappa shape index (κ3) is 2.62. The highest BCUT2D eigenvalue weighted by Crippen LogP contribution is 2.06. The summed E-state index contributed by atoms with van der Waals surface area (Å²) in [6, 6.07) is 0. The van der Waals surface area contributed by atoms with Crippen LogP contribution in [0.4, 0.5) is 5.82 Å². The van der Waals surface area contributed by atoms with E-state index in [0.29, 0.717) is 6.54 Å². The summed E-state index contributed by atoms with van der Waals surface area (Å²) in [5.74, 6) is 0.00859. The number of aryl methyl sites for hydroxylation is 1. The van der Waals surface area contributed by atoms with Crippen molar-refractivity contribution in [3.05, 3.63) is 36.0 Å². The van der Waals surface area contributed by atoms with Gasteiger partial charge in [-0.2, -0.15) is 5.10 Å². The molecule has 0 aliphatic carbocycles. The standard InChI is InChI=1S/C11H14N6O/c1-16(6-8-3-14-17(2)7-8)11(18)9-4-13-5-10(12)15-9/h3-5,7H,6H2,1-2H3,(H2,12,15). The zero-order valence-corrected chi connectivity index (χ0v) is 10.2. The van der Waals surface area contributed by atoms with Gasteiger partial charge in [0.2, 0.25) is 0 Å². The maximum absolute atomic E-state index is 12.0. The number of nitrogens with two attached hydrogens (primary N) is 1. The smallest absolute Gasteiger partial charge is 0.274 e. The van der Waals surface area contributed by atoms with Gasteiger partial charge in [0.05, 0.1) is 18.6 Å². The number of anilines is 1. The fourth-order valence-corrected chi connectivity index (χ4v) is 1.58. The molecule has 94 valence electrons. The molecule has 2 heterocycles. The van der Waals surface area contributed by atoms with Gasteiger partial charge in [0, 0.05) is 32.4 Å². The first-order chi connectivity index (χ1) is 8.56.